The number of hydrogen-bond acceptors (Lipinski definition) is 4. The molecule has 1 aromatic heterocycles. The fourth-order valence-electron chi connectivity index (χ4n) is 3.29. The molecule has 2 aromatic rings. The number of carbonyl (C=O) groups is 2. The molecule has 3 rings (SSSR count). The number of anilines is 1. The number of nitrogens with one attached hydrogen (secondary N) is 2. The lowest BCUT2D eigenvalue weighted by Gasteiger charge is -2.18. The van der Waals surface area contributed by atoms with Gasteiger partial charge in [0.2, 0.25) is 0 Å². The molecule has 1 heterocycles. The van der Waals surface area contributed by atoms with Crippen LogP contribution in [0.4, 0.5) is 5.00 Å². The maximum atomic E-state index is 12.4. The van der Waals surface area contributed by atoms with Gasteiger partial charge in [-0.1, -0.05) is 13.0 Å². The largest absolute Gasteiger partial charge is 0.365 e. The number of thiocarbonyl (C=S) groups is 1. The fraction of sp³-hybridized carbons (Fsp3) is 0.350. The van der Waals surface area contributed by atoms with Crippen LogP contribution in [-0.4, -0.2) is 16.9 Å². The van der Waals surface area contributed by atoms with Crippen molar-refractivity contribution in [2.75, 3.05) is 5.32 Å². The molecule has 27 heavy (non-hydrogen) atoms. The average molecular weight is 402 g/mol. The third-order valence-electron chi connectivity index (χ3n) is 4.98. The third-order valence-corrected chi connectivity index (χ3v) is 6.36. The Balaban J connectivity index is 1.77. The van der Waals surface area contributed by atoms with E-state index >= 15 is 0 Å². The minimum Gasteiger partial charge on any atom is -0.365 e. The molecule has 0 radical (unpaired) electrons. The molecule has 1 aliphatic rings. The van der Waals surface area contributed by atoms with Crippen LogP contribution in [0.2, 0.25) is 0 Å². The van der Waals surface area contributed by atoms with E-state index in [-0.39, 0.29) is 11.0 Å². The Labute approximate surface area is 168 Å². The van der Waals surface area contributed by atoms with E-state index in [1.807, 2.05) is 26.0 Å². The Morgan fingerprint density at radius 3 is 2.67 bits per heavy atom. The fourth-order valence-corrected chi connectivity index (χ4v) is 4.97. The predicted octanol–water partition coefficient (Wildman–Crippen LogP) is 3.72. The molecule has 0 bridgehead atoms. The van der Waals surface area contributed by atoms with Gasteiger partial charge in [0.1, 0.15) is 5.00 Å². The van der Waals surface area contributed by atoms with Crippen molar-refractivity contribution in [1.82, 2.24) is 5.32 Å². The first-order valence-corrected chi connectivity index (χ1v) is 10.1. The Morgan fingerprint density at radius 1 is 1.26 bits per heavy atom. The summed E-state index contributed by atoms with van der Waals surface area (Å²) in [5.74, 6) is -0.167. The summed E-state index contributed by atoms with van der Waals surface area (Å²) in [4.78, 5) is 25.6. The molecule has 1 unspecified atom stereocenters. The summed E-state index contributed by atoms with van der Waals surface area (Å²) in [5, 5.41) is 6.47. The highest BCUT2D eigenvalue weighted by atomic mass is 32.1. The van der Waals surface area contributed by atoms with Crippen LogP contribution in [0.25, 0.3) is 0 Å². The van der Waals surface area contributed by atoms with Gasteiger partial charge in [-0.05, 0) is 80.1 Å². The first kappa shape index (κ1) is 19.5. The number of carbonyl (C=O) groups excluding carboxylic acids is 2. The monoisotopic (exact) mass is 401 g/mol. The van der Waals surface area contributed by atoms with Gasteiger partial charge in [0.15, 0.2) is 5.11 Å². The summed E-state index contributed by atoms with van der Waals surface area (Å²) in [6.45, 7) is 6.15. The van der Waals surface area contributed by atoms with Crippen LogP contribution in [-0.2, 0) is 12.8 Å². The van der Waals surface area contributed by atoms with Crippen molar-refractivity contribution in [2.45, 2.75) is 40.0 Å². The number of thiophene rings is 1. The second-order valence-corrected chi connectivity index (χ2v) is 8.64. The lowest BCUT2D eigenvalue weighted by molar-refractivity contribution is 0.0975. The van der Waals surface area contributed by atoms with E-state index in [1.54, 1.807) is 6.07 Å². The minimum atomic E-state index is -0.465. The zero-order valence-corrected chi connectivity index (χ0v) is 17.3. The SMILES string of the molecule is Cc1ccc(C(=O)NC(=S)Nc2sc3c(c2C(N)=O)CCC(C)C3)cc1C. The maximum Gasteiger partial charge on any atom is 0.257 e. The van der Waals surface area contributed by atoms with E-state index in [4.69, 9.17) is 18.0 Å². The molecule has 4 N–H and O–H groups in total. The van der Waals surface area contributed by atoms with E-state index in [0.29, 0.717) is 22.0 Å². The van der Waals surface area contributed by atoms with Gasteiger partial charge >= 0.3 is 0 Å². The molecule has 0 spiro atoms. The Morgan fingerprint density at radius 2 is 2.00 bits per heavy atom. The van der Waals surface area contributed by atoms with Crippen molar-refractivity contribution >= 4 is 45.5 Å². The van der Waals surface area contributed by atoms with Gasteiger partial charge in [-0.25, -0.2) is 0 Å². The van der Waals surface area contributed by atoms with Crippen LogP contribution in [0.5, 0.6) is 0 Å². The second-order valence-electron chi connectivity index (χ2n) is 7.13. The molecule has 0 saturated carbocycles. The van der Waals surface area contributed by atoms with Crippen molar-refractivity contribution < 1.29 is 9.59 Å². The molecular weight excluding hydrogens is 378 g/mol. The van der Waals surface area contributed by atoms with Crippen LogP contribution >= 0.6 is 23.6 Å². The highest BCUT2D eigenvalue weighted by Crippen LogP contribution is 2.39. The summed E-state index contributed by atoms with van der Waals surface area (Å²) in [6.07, 6.45) is 2.82. The van der Waals surface area contributed by atoms with Gasteiger partial charge in [0.05, 0.1) is 5.56 Å². The molecule has 2 amide bonds. The van der Waals surface area contributed by atoms with Gasteiger partial charge < -0.3 is 11.1 Å². The first-order chi connectivity index (χ1) is 12.8. The highest BCUT2D eigenvalue weighted by molar-refractivity contribution is 7.80. The summed E-state index contributed by atoms with van der Waals surface area (Å²) in [7, 11) is 0. The zero-order valence-electron chi connectivity index (χ0n) is 15.6. The number of benzene rings is 1. The predicted molar refractivity (Wildman–Crippen MR) is 114 cm³/mol. The highest BCUT2D eigenvalue weighted by Gasteiger charge is 2.27. The van der Waals surface area contributed by atoms with Crippen molar-refractivity contribution in [1.29, 1.82) is 0 Å². The molecule has 1 aliphatic carbocycles. The Kier molecular flexibility index (Phi) is 5.62. The summed E-state index contributed by atoms with van der Waals surface area (Å²) >= 11 is 6.79. The number of rotatable bonds is 3. The van der Waals surface area contributed by atoms with Crippen molar-refractivity contribution in [3.05, 3.63) is 50.9 Å². The van der Waals surface area contributed by atoms with Crippen LogP contribution < -0.4 is 16.4 Å². The molecule has 0 fully saturated rings. The normalized spacial score (nSPS) is 15.7. The van der Waals surface area contributed by atoms with Crippen LogP contribution in [0.1, 0.15) is 55.6 Å². The minimum absolute atomic E-state index is 0.160. The van der Waals surface area contributed by atoms with E-state index < -0.39 is 5.91 Å². The molecule has 5 nitrogen and oxygen atoms in total. The number of amides is 2. The molecule has 7 heteroatoms. The van der Waals surface area contributed by atoms with E-state index in [2.05, 4.69) is 17.6 Å². The number of aryl methyl sites for hydroxylation is 2. The molecule has 142 valence electrons. The van der Waals surface area contributed by atoms with Crippen LogP contribution in [0.15, 0.2) is 18.2 Å². The number of fused-ring (bicyclic) bond motifs is 1. The number of hydrogen-bond donors (Lipinski definition) is 3. The quantitative estimate of drug-likeness (QED) is 0.685. The summed E-state index contributed by atoms with van der Waals surface area (Å²) in [5.41, 5.74) is 9.84. The van der Waals surface area contributed by atoms with Gasteiger partial charge in [-0.2, -0.15) is 0 Å². The number of primary amides is 1. The molecule has 1 atom stereocenters. The Bertz CT molecular complexity index is 934. The van der Waals surface area contributed by atoms with Gasteiger partial charge in [-0.15, -0.1) is 11.3 Å². The topological polar surface area (TPSA) is 84.2 Å². The zero-order chi connectivity index (χ0) is 19.7. The van der Waals surface area contributed by atoms with E-state index in [1.165, 1.54) is 16.2 Å². The Hall–Kier alpha value is -2.25. The number of nitrogens with two attached hydrogens (primary N) is 1. The van der Waals surface area contributed by atoms with Crippen molar-refractivity contribution in [3.8, 4) is 0 Å². The van der Waals surface area contributed by atoms with E-state index in [0.717, 1.165) is 36.0 Å². The van der Waals surface area contributed by atoms with Gasteiger partial charge in [-0.3, -0.25) is 14.9 Å². The molecule has 0 aliphatic heterocycles. The van der Waals surface area contributed by atoms with Crippen LogP contribution in [0.3, 0.4) is 0 Å². The molecule has 0 saturated heterocycles. The maximum absolute atomic E-state index is 12.4. The van der Waals surface area contributed by atoms with Gasteiger partial charge in [0, 0.05) is 10.4 Å². The van der Waals surface area contributed by atoms with Crippen molar-refractivity contribution in [2.24, 2.45) is 11.7 Å². The lowest BCUT2D eigenvalue weighted by atomic mass is 9.88. The molecule has 1 aromatic carbocycles. The smallest absolute Gasteiger partial charge is 0.257 e. The van der Waals surface area contributed by atoms with E-state index in [9.17, 15) is 9.59 Å². The third kappa shape index (κ3) is 4.20. The second kappa shape index (κ2) is 7.78. The molecular formula is C20H23N3O2S2. The van der Waals surface area contributed by atoms with Crippen molar-refractivity contribution in [3.63, 3.8) is 0 Å². The first-order valence-electron chi connectivity index (χ1n) is 8.90. The van der Waals surface area contributed by atoms with Gasteiger partial charge in [0.25, 0.3) is 11.8 Å². The lowest BCUT2D eigenvalue weighted by Crippen LogP contribution is -2.34. The summed E-state index contributed by atoms with van der Waals surface area (Å²) < 4.78 is 0. The average Bonchev–Trinajstić information content (AvgIpc) is 2.93. The standard InChI is InChI=1S/C20H23N3O2S2/c1-10-4-7-14-15(8-10)27-19(16(14)17(21)24)23-20(26)22-18(25)13-6-5-11(2)12(3)9-13/h5-6,9-10H,4,7-8H2,1-3H3,(H2,21,24)(H2,22,23,25,26). The van der Waals surface area contributed by atoms with Crippen LogP contribution in [0, 0.1) is 19.8 Å². The summed E-state index contributed by atoms with van der Waals surface area (Å²) in [6, 6.07) is 5.49.